The normalized spacial score (nSPS) is 10.7. The monoisotopic (exact) mass is 339 g/mol. The van der Waals surface area contributed by atoms with Crippen molar-refractivity contribution in [3.8, 4) is 14.6 Å². The van der Waals surface area contributed by atoms with Crippen LogP contribution in [0.2, 0.25) is 0 Å². The van der Waals surface area contributed by atoms with Gasteiger partial charge in [-0.3, -0.25) is 0 Å². The third kappa shape index (κ3) is 3.69. The van der Waals surface area contributed by atoms with Crippen molar-refractivity contribution >= 4 is 26.3 Å². The maximum atomic E-state index is 10.7. The summed E-state index contributed by atoms with van der Waals surface area (Å²) in [4.78, 5) is 10.7. The first-order valence-corrected chi connectivity index (χ1v) is 7.46. The molecule has 1 aromatic carbocycles. The molecule has 0 bridgehead atoms. The molecule has 104 valence electrons. The topological polar surface area (TPSA) is 74.5 Å². The van der Waals surface area contributed by atoms with Crippen LogP contribution in [0.4, 0.5) is 10.5 Å². The van der Waals surface area contributed by atoms with Crippen LogP contribution < -0.4 is 4.74 Å². The van der Waals surface area contributed by atoms with E-state index in [1.165, 1.54) is 5.01 Å². The fourth-order valence-corrected chi connectivity index (χ4v) is 3.44. The Labute approximate surface area is 122 Å². The van der Waals surface area contributed by atoms with Crippen LogP contribution in [0.15, 0.2) is 46.7 Å². The molecule has 20 heavy (non-hydrogen) atoms. The van der Waals surface area contributed by atoms with Crippen LogP contribution in [0, 0.1) is 0 Å². The second-order valence-electron chi connectivity index (χ2n) is 4.05. The molecule has 7 heteroatoms. The molecule has 1 N–H and O–H groups in total. The number of benzene rings is 1. The summed E-state index contributed by atoms with van der Waals surface area (Å²) in [5, 5.41) is 18.2. The van der Waals surface area contributed by atoms with Gasteiger partial charge in [-0.1, -0.05) is 0 Å². The molecule has 0 radical (unpaired) electrons. The Kier molecular flexibility index (Phi) is 4.55. The van der Waals surface area contributed by atoms with Gasteiger partial charge >= 0.3 is 121 Å². The molecule has 0 aliphatic heterocycles. The standard InChI is InChI=1S/C13H13N3O3Se/c1-16(2)15-14-10-8-11(9-6-4-3-5-7-9)20-12(10)19-13(17)18/h3-8H,1-2H3,(H,17,18). The van der Waals surface area contributed by atoms with Crippen LogP contribution in [0.1, 0.15) is 0 Å². The molecule has 0 amide bonds. The van der Waals surface area contributed by atoms with Crippen molar-refractivity contribution < 1.29 is 14.6 Å². The Balaban J connectivity index is 2.39. The van der Waals surface area contributed by atoms with Crippen molar-refractivity contribution in [2.24, 2.45) is 10.3 Å². The van der Waals surface area contributed by atoms with Crippen molar-refractivity contribution in [3.63, 3.8) is 0 Å². The summed E-state index contributed by atoms with van der Waals surface area (Å²) in [6.45, 7) is 0. The second kappa shape index (κ2) is 6.36. The SMILES string of the molecule is CN(C)N=Nc1cc(-c2ccccc2)[se]c1OC(=O)O. The molecule has 0 aliphatic carbocycles. The van der Waals surface area contributed by atoms with Gasteiger partial charge in [0.05, 0.1) is 0 Å². The van der Waals surface area contributed by atoms with Crippen LogP contribution in [-0.4, -0.2) is 44.9 Å². The molecule has 2 rings (SSSR count). The van der Waals surface area contributed by atoms with E-state index in [2.05, 4.69) is 10.3 Å². The Morgan fingerprint density at radius 3 is 2.60 bits per heavy atom. The molecule has 1 heterocycles. The number of hydrogen-bond acceptors (Lipinski definition) is 4. The zero-order valence-electron chi connectivity index (χ0n) is 11.0. The van der Waals surface area contributed by atoms with E-state index in [4.69, 9.17) is 9.84 Å². The average molecular weight is 338 g/mol. The number of nitrogens with zero attached hydrogens (tertiary/aromatic N) is 3. The summed E-state index contributed by atoms with van der Waals surface area (Å²) in [5.74, 6) is 0. The molecule has 0 unspecified atom stereocenters. The molecule has 0 spiro atoms. The van der Waals surface area contributed by atoms with Crippen molar-refractivity contribution in [1.29, 1.82) is 0 Å². The average Bonchev–Trinajstić information content (AvgIpc) is 2.80. The zero-order valence-corrected chi connectivity index (χ0v) is 12.7. The molecule has 0 atom stereocenters. The molecule has 6 nitrogen and oxygen atoms in total. The molecule has 0 aliphatic rings. The van der Waals surface area contributed by atoms with Crippen molar-refractivity contribution in [1.82, 2.24) is 5.01 Å². The fourth-order valence-electron chi connectivity index (χ4n) is 1.47. The molecule has 2 aromatic rings. The van der Waals surface area contributed by atoms with Gasteiger partial charge in [0.1, 0.15) is 0 Å². The number of carbonyl (C=O) groups is 1. The summed E-state index contributed by atoms with van der Waals surface area (Å²) >= 11 is -0.236. The summed E-state index contributed by atoms with van der Waals surface area (Å²) < 4.78 is 6.18. The number of ether oxygens (including phenoxy) is 1. The fraction of sp³-hybridized carbons (Fsp3) is 0.154. The van der Waals surface area contributed by atoms with E-state index in [1.54, 1.807) is 14.1 Å². The van der Waals surface area contributed by atoms with E-state index < -0.39 is 6.16 Å². The second-order valence-corrected chi connectivity index (χ2v) is 6.18. The van der Waals surface area contributed by atoms with Gasteiger partial charge in [0.2, 0.25) is 0 Å². The van der Waals surface area contributed by atoms with Gasteiger partial charge in [0.15, 0.2) is 0 Å². The molecular formula is C13H13N3O3Se. The van der Waals surface area contributed by atoms with Crippen molar-refractivity contribution in [3.05, 3.63) is 36.4 Å². The minimum atomic E-state index is -1.33. The van der Waals surface area contributed by atoms with E-state index in [-0.39, 0.29) is 14.5 Å². The Morgan fingerprint density at radius 1 is 1.30 bits per heavy atom. The van der Waals surface area contributed by atoms with Crippen LogP contribution >= 0.6 is 0 Å². The Hall–Kier alpha value is -2.11. The van der Waals surface area contributed by atoms with E-state index in [0.29, 0.717) is 10.3 Å². The van der Waals surface area contributed by atoms with Gasteiger partial charge in [-0.05, 0) is 0 Å². The van der Waals surface area contributed by atoms with Crippen LogP contribution in [0.5, 0.6) is 4.62 Å². The molecule has 0 fully saturated rings. The van der Waals surface area contributed by atoms with Crippen LogP contribution in [0.25, 0.3) is 10.0 Å². The van der Waals surface area contributed by atoms with E-state index in [0.717, 1.165) is 10.0 Å². The quantitative estimate of drug-likeness (QED) is 0.402. The Morgan fingerprint density at radius 2 is 2.00 bits per heavy atom. The van der Waals surface area contributed by atoms with Gasteiger partial charge in [0.25, 0.3) is 0 Å². The number of rotatable bonds is 4. The third-order valence-corrected chi connectivity index (χ3v) is 4.46. The van der Waals surface area contributed by atoms with Crippen molar-refractivity contribution in [2.45, 2.75) is 0 Å². The first kappa shape index (κ1) is 14.3. The Bertz CT molecular complexity index is 623. The summed E-state index contributed by atoms with van der Waals surface area (Å²) in [6.07, 6.45) is -1.33. The third-order valence-electron chi connectivity index (χ3n) is 2.25. The van der Waals surface area contributed by atoms with E-state index in [1.807, 2.05) is 36.4 Å². The number of carboxylic acid groups (broad SMARTS) is 1. The first-order valence-electron chi connectivity index (χ1n) is 5.75. The molecule has 0 saturated heterocycles. The van der Waals surface area contributed by atoms with Crippen LogP contribution in [0.3, 0.4) is 0 Å². The van der Waals surface area contributed by atoms with Gasteiger partial charge in [0, 0.05) is 0 Å². The van der Waals surface area contributed by atoms with Gasteiger partial charge in [-0.15, -0.1) is 0 Å². The van der Waals surface area contributed by atoms with Crippen LogP contribution in [-0.2, 0) is 0 Å². The van der Waals surface area contributed by atoms with Gasteiger partial charge in [-0.25, -0.2) is 0 Å². The van der Waals surface area contributed by atoms with E-state index in [9.17, 15) is 4.79 Å². The molecule has 1 aromatic heterocycles. The predicted octanol–water partition coefficient (Wildman–Crippen LogP) is 3.03. The predicted molar refractivity (Wildman–Crippen MR) is 75.7 cm³/mol. The summed E-state index contributed by atoms with van der Waals surface area (Å²) in [6, 6.07) is 11.6. The number of hydrogen-bond donors (Lipinski definition) is 1. The molecule has 0 saturated carbocycles. The first-order chi connectivity index (χ1) is 9.56. The maximum absolute atomic E-state index is 10.7. The molecular weight excluding hydrogens is 325 g/mol. The van der Waals surface area contributed by atoms with E-state index >= 15 is 0 Å². The zero-order chi connectivity index (χ0) is 14.5. The van der Waals surface area contributed by atoms with Gasteiger partial charge < -0.3 is 0 Å². The minimum absolute atomic E-state index is 0.236. The van der Waals surface area contributed by atoms with Crippen molar-refractivity contribution in [2.75, 3.05) is 14.1 Å². The summed E-state index contributed by atoms with van der Waals surface area (Å²) in [5.41, 5.74) is 1.49. The summed E-state index contributed by atoms with van der Waals surface area (Å²) in [7, 11) is 3.48. The van der Waals surface area contributed by atoms with Gasteiger partial charge in [-0.2, -0.15) is 0 Å².